The molecule has 0 heterocycles. The van der Waals surface area contributed by atoms with E-state index in [-0.39, 0.29) is 18.5 Å². The van der Waals surface area contributed by atoms with E-state index in [2.05, 4.69) is 31.3 Å². The number of allylic oxidation sites excluding steroid dienone is 3. The maximum atomic E-state index is 12.4. The minimum atomic E-state index is -0.839. The Kier molecular flexibility index (Phi) is 64.4. The second-order valence-electron chi connectivity index (χ2n) is 23.9. The number of rotatable bonds is 65. The average molecular weight is 1070 g/mol. The molecule has 0 saturated heterocycles. The van der Waals surface area contributed by atoms with Gasteiger partial charge in [0.2, 0.25) is 5.91 Å². The zero-order chi connectivity index (χ0) is 55.0. The molecule has 0 bridgehead atoms. The van der Waals surface area contributed by atoms with Crippen LogP contribution in [-0.4, -0.2) is 47.4 Å². The summed E-state index contributed by atoms with van der Waals surface area (Å²) in [6, 6.07) is -0.622. The lowest BCUT2D eigenvalue weighted by Crippen LogP contribution is -2.45. The second-order valence-corrected chi connectivity index (χ2v) is 23.9. The number of aliphatic hydroxyl groups excluding tert-OH is 2. The summed E-state index contributed by atoms with van der Waals surface area (Å²) in [5, 5.41) is 23.1. The van der Waals surface area contributed by atoms with Crippen LogP contribution in [-0.2, 0) is 14.3 Å². The van der Waals surface area contributed by atoms with E-state index < -0.39 is 12.1 Å². The zero-order valence-electron chi connectivity index (χ0n) is 51.5. The van der Waals surface area contributed by atoms with Gasteiger partial charge in [0.25, 0.3) is 0 Å². The smallest absolute Gasteiger partial charge is 0.305 e. The number of amides is 1. The lowest BCUT2D eigenvalue weighted by molar-refractivity contribution is -0.143. The molecule has 2 atom stereocenters. The van der Waals surface area contributed by atoms with Gasteiger partial charge >= 0.3 is 5.97 Å². The van der Waals surface area contributed by atoms with Gasteiger partial charge in [-0.25, -0.2) is 0 Å². The second kappa shape index (κ2) is 65.9. The molecule has 1 amide bonds. The van der Waals surface area contributed by atoms with Crippen LogP contribution in [0.2, 0.25) is 0 Å². The van der Waals surface area contributed by atoms with Gasteiger partial charge in [-0.05, 0) is 57.8 Å². The molecular formula is C70H135NO5. The van der Waals surface area contributed by atoms with E-state index in [0.717, 1.165) is 44.9 Å². The van der Waals surface area contributed by atoms with Gasteiger partial charge in [0.1, 0.15) is 0 Å². The van der Waals surface area contributed by atoms with Crippen molar-refractivity contribution in [1.82, 2.24) is 5.32 Å². The van der Waals surface area contributed by atoms with Gasteiger partial charge in [-0.2, -0.15) is 0 Å². The van der Waals surface area contributed by atoms with Crippen LogP contribution in [0, 0.1) is 0 Å². The predicted molar refractivity (Wildman–Crippen MR) is 333 cm³/mol. The Morgan fingerprint density at radius 1 is 0.355 bits per heavy atom. The lowest BCUT2D eigenvalue weighted by Gasteiger charge is -2.20. The number of ether oxygens (including phenoxy) is 1. The third-order valence-corrected chi connectivity index (χ3v) is 16.2. The van der Waals surface area contributed by atoms with Crippen LogP contribution >= 0.6 is 0 Å². The quantitative estimate of drug-likeness (QED) is 0.0320. The van der Waals surface area contributed by atoms with Gasteiger partial charge < -0.3 is 20.3 Å². The maximum absolute atomic E-state index is 12.4. The Morgan fingerprint density at radius 2 is 0.618 bits per heavy atom. The number of esters is 1. The summed E-state index contributed by atoms with van der Waals surface area (Å²) >= 11 is 0. The van der Waals surface area contributed by atoms with Gasteiger partial charge in [-0.1, -0.05) is 340 Å². The molecule has 0 fully saturated rings. The molecular weight excluding hydrogens is 935 g/mol. The first-order valence-electron chi connectivity index (χ1n) is 34.6. The van der Waals surface area contributed by atoms with Crippen molar-refractivity contribution in [3.8, 4) is 0 Å². The molecule has 3 N–H and O–H groups in total. The number of unbranched alkanes of at least 4 members (excludes halogenated alkanes) is 52. The van der Waals surface area contributed by atoms with Crippen LogP contribution in [0.3, 0.4) is 0 Å². The molecule has 0 rings (SSSR count). The Bertz CT molecular complexity index is 1190. The first kappa shape index (κ1) is 74.3. The largest absolute Gasteiger partial charge is 0.466 e. The molecule has 0 aromatic carbocycles. The highest BCUT2D eigenvalue weighted by atomic mass is 16.5. The summed E-state index contributed by atoms with van der Waals surface area (Å²) in [5.41, 5.74) is 0. The summed E-state index contributed by atoms with van der Waals surface area (Å²) in [6.07, 6.45) is 82.7. The Morgan fingerprint density at radius 3 is 0.934 bits per heavy atom. The van der Waals surface area contributed by atoms with Crippen LogP contribution in [0.4, 0.5) is 0 Å². The summed E-state index contributed by atoms with van der Waals surface area (Å²) < 4.78 is 5.49. The number of hydrogen-bond donors (Lipinski definition) is 3. The van der Waals surface area contributed by atoms with Crippen LogP contribution in [0.25, 0.3) is 0 Å². The van der Waals surface area contributed by atoms with E-state index in [0.29, 0.717) is 19.4 Å². The normalized spacial score (nSPS) is 12.6. The molecule has 0 spiro atoms. The summed E-state index contributed by atoms with van der Waals surface area (Å²) in [7, 11) is 0. The zero-order valence-corrected chi connectivity index (χ0v) is 51.5. The minimum absolute atomic E-state index is 0.0139. The van der Waals surface area contributed by atoms with Gasteiger partial charge in [0.15, 0.2) is 0 Å². The molecule has 6 nitrogen and oxygen atoms in total. The topological polar surface area (TPSA) is 95.9 Å². The molecule has 0 aliphatic heterocycles. The van der Waals surface area contributed by atoms with Crippen molar-refractivity contribution in [1.29, 1.82) is 0 Å². The van der Waals surface area contributed by atoms with E-state index in [1.165, 1.54) is 315 Å². The molecule has 76 heavy (non-hydrogen) atoms. The molecule has 0 radical (unpaired) electrons. The van der Waals surface area contributed by atoms with Crippen molar-refractivity contribution in [3.63, 3.8) is 0 Å². The van der Waals surface area contributed by atoms with Crippen LogP contribution < -0.4 is 5.32 Å². The molecule has 0 aromatic rings. The first-order chi connectivity index (χ1) is 37.5. The summed E-state index contributed by atoms with van der Waals surface area (Å²) in [4.78, 5) is 24.5. The van der Waals surface area contributed by atoms with Crippen molar-refractivity contribution >= 4 is 11.9 Å². The minimum Gasteiger partial charge on any atom is -0.466 e. The average Bonchev–Trinajstić information content (AvgIpc) is 3.42. The highest BCUT2D eigenvalue weighted by molar-refractivity contribution is 5.76. The molecule has 0 aromatic heterocycles. The third-order valence-electron chi connectivity index (χ3n) is 16.2. The highest BCUT2D eigenvalue weighted by Crippen LogP contribution is 2.19. The van der Waals surface area contributed by atoms with Crippen molar-refractivity contribution in [2.75, 3.05) is 13.2 Å². The van der Waals surface area contributed by atoms with Crippen molar-refractivity contribution in [2.45, 2.75) is 398 Å². The van der Waals surface area contributed by atoms with E-state index in [1.807, 2.05) is 6.08 Å². The first-order valence-corrected chi connectivity index (χ1v) is 34.6. The fourth-order valence-electron chi connectivity index (χ4n) is 10.9. The Labute approximate surface area is 475 Å². The molecule has 0 aliphatic carbocycles. The summed E-state index contributed by atoms with van der Waals surface area (Å²) in [6.45, 7) is 4.91. The SMILES string of the molecule is CCCCCCCC/C=C\CCCCCCCC(=O)OCCCCCCCCCCCCCCCCCCCCCCCCCCCCCCCCCCCC(=O)NC(CO)C(O)/C=C/CCCCCCCCCCC. The summed E-state index contributed by atoms with van der Waals surface area (Å²) in [5.74, 6) is -0.0489. The number of nitrogens with one attached hydrogen (secondary N) is 1. The number of carbonyl (C=O) groups excluding carboxylic acids is 2. The monoisotopic (exact) mass is 1070 g/mol. The van der Waals surface area contributed by atoms with Gasteiger partial charge in [0.05, 0.1) is 25.4 Å². The highest BCUT2D eigenvalue weighted by Gasteiger charge is 2.18. The third kappa shape index (κ3) is 61.6. The van der Waals surface area contributed by atoms with Gasteiger partial charge in [-0.3, -0.25) is 9.59 Å². The fraction of sp³-hybridized carbons (Fsp3) is 0.914. The van der Waals surface area contributed by atoms with Crippen molar-refractivity contribution < 1.29 is 24.5 Å². The molecule has 0 saturated carbocycles. The van der Waals surface area contributed by atoms with E-state index in [1.54, 1.807) is 6.08 Å². The molecule has 0 aliphatic rings. The van der Waals surface area contributed by atoms with Crippen LogP contribution in [0.15, 0.2) is 24.3 Å². The Hall–Kier alpha value is -1.66. The van der Waals surface area contributed by atoms with Crippen molar-refractivity contribution in [2.24, 2.45) is 0 Å². The number of carbonyl (C=O) groups is 2. The lowest BCUT2D eigenvalue weighted by atomic mass is 10.0. The molecule has 450 valence electrons. The van der Waals surface area contributed by atoms with Crippen molar-refractivity contribution in [3.05, 3.63) is 24.3 Å². The number of hydrogen-bond acceptors (Lipinski definition) is 5. The molecule has 2 unspecified atom stereocenters. The van der Waals surface area contributed by atoms with Crippen LogP contribution in [0.5, 0.6) is 0 Å². The van der Waals surface area contributed by atoms with Gasteiger partial charge in [-0.15, -0.1) is 0 Å². The molecule has 6 heteroatoms. The predicted octanol–water partition coefficient (Wildman–Crippen LogP) is 22.1. The fourth-order valence-corrected chi connectivity index (χ4v) is 10.9. The van der Waals surface area contributed by atoms with E-state index in [9.17, 15) is 19.8 Å². The number of aliphatic hydroxyl groups is 2. The van der Waals surface area contributed by atoms with E-state index >= 15 is 0 Å². The Balaban J connectivity index is 3.30. The van der Waals surface area contributed by atoms with Crippen LogP contribution in [0.1, 0.15) is 386 Å². The maximum Gasteiger partial charge on any atom is 0.305 e. The van der Waals surface area contributed by atoms with Gasteiger partial charge in [0, 0.05) is 12.8 Å². The van der Waals surface area contributed by atoms with E-state index in [4.69, 9.17) is 4.74 Å². The standard InChI is InChI=1S/C70H135NO5/c1-3-5-7-9-11-13-15-16-36-40-44-48-52-56-60-64-70(75)76-65-61-57-53-49-45-41-38-35-33-31-29-27-25-23-21-19-17-18-20-22-24-26-28-30-32-34-37-39-43-47-51-55-59-63-69(74)71-67(66-72)68(73)62-58-54-50-46-42-14-12-10-8-6-4-2/h16,36,58,62,67-68,72-73H,3-15,17-35,37-57,59-61,63-66H2,1-2H3,(H,71,74)/b36-16-,62-58+.